The number of nitrogens with zero attached hydrogens (tertiary/aromatic N) is 1. The first kappa shape index (κ1) is 43.6. The Morgan fingerprint density at radius 1 is 0.478 bits per heavy atom. The molecule has 0 fully saturated rings. The number of rotatable bonds is 30. The maximum Gasteiger partial charge on any atom is 0.239 e. The third-order valence-electron chi connectivity index (χ3n) is 5.48. The summed E-state index contributed by atoms with van der Waals surface area (Å²) < 4.78 is 26.3. The molecular weight excluding hydrogens is 744 g/mol. The lowest BCUT2D eigenvalue weighted by Crippen LogP contribution is -2.46. The van der Waals surface area contributed by atoms with Crippen molar-refractivity contribution in [2.24, 2.45) is 0 Å². The molecular formula is C27H48Br2N6O11. The second-order valence-corrected chi connectivity index (χ2v) is 10.3. The van der Waals surface area contributed by atoms with Crippen LogP contribution in [0, 0.1) is 0 Å². The Balaban J connectivity index is 4.44. The number of alkyl halides is 2. The number of carbonyl (C=O) groups excluding carboxylic acids is 6. The van der Waals surface area contributed by atoms with Crippen molar-refractivity contribution in [2.45, 2.75) is 12.8 Å². The maximum atomic E-state index is 12.8. The van der Waals surface area contributed by atoms with E-state index in [4.69, 9.17) is 23.7 Å². The molecule has 0 unspecified atom stereocenters. The van der Waals surface area contributed by atoms with E-state index in [9.17, 15) is 28.8 Å². The van der Waals surface area contributed by atoms with Crippen LogP contribution in [-0.4, -0.2) is 163 Å². The predicted octanol–water partition coefficient (Wildman–Crippen LogP) is -2.32. The molecule has 5 N–H and O–H groups in total. The quantitative estimate of drug-likeness (QED) is 0.0385. The molecule has 0 atom stereocenters. The highest BCUT2D eigenvalue weighted by Crippen LogP contribution is 1.99. The predicted molar refractivity (Wildman–Crippen MR) is 174 cm³/mol. The van der Waals surface area contributed by atoms with Crippen LogP contribution in [0.4, 0.5) is 0 Å². The average Bonchev–Trinajstić information content (AvgIpc) is 3.04. The highest BCUT2D eigenvalue weighted by Gasteiger charge is 2.21. The number of nitrogens with one attached hydrogen (secondary N) is 5. The Labute approximate surface area is 286 Å². The van der Waals surface area contributed by atoms with E-state index in [0.717, 1.165) is 4.90 Å². The van der Waals surface area contributed by atoms with Crippen molar-refractivity contribution >= 4 is 67.3 Å². The summed E-state index contributed by atoms with van der Waals surface area (Å²) in [5, 5.41) is 13.6. The van der Waals surface area contributed by atoms with Crippen molar-refractivity contribution in [3.05, 3.63) is 0 Å². The van der Waals surface area contributed by atoms with Gasteiger partial charge in [-0.1, -0.05) is 31.9 Å². The van der Waals surface area contributed by atoms with Gasteiger partial charge < -0.3 is 55.2 Å². The number of carbonyl (C=O) groups is 6. The summed E-state index contributed by atoms with van der Waals surface area (Å²) in [6.07, 6.45) is -0.301. The second-order valence-electron chi connectivity index (χ2n) is 9.21. The first-order chi connectivity index (χ1) is 22.2. The van der Waals surface area contributed by atoms with Gasteiger partial charge in [0, 0.05) is 52.7 Å². The number of halogens is 2. The minimum atomic E-state index is -0.534. The fourth-order valence-electron chi connectivity index (χ4n) is 3.24. The molecule has 0 saturated heterocycles. The fraction of sp³-hybridized carbons (Fsp3) is 0.778. The van der Waals surface area contributed by atoms with Gasteiger partial charge in [0.15, 0.2) is 0 Å². The van der Waals surface area contributed by atoms with Crippen molar-refractivity contribution in [1.29, 1.82) is 0 Å². The topological polar surface area (TPSA) is 212 Å². The van der Waals surface area contributed by atoms with E-state index in [1.54, 1.807) is 0 Å². The first-order valence-electron chi connectivity index (χ1n) is 14.8. The van der Waals surface area contributed by atoms with Gasteiger partial charge in [-0.3, -0.25) is 28.8 Å². The molecule has 0 rings (SSSR count). The van der Waals surface area contributed by atoms with Crippen molar-refractivity contribution < 1.29 is 52.5 Å². The molecule has 46 heavy (non-hydrogen) atoms. The zero-order valence-corrected chi connectivity index (χ0v) is 29.5. The largest absolute Gasteiger partial charge is 0.383 e. The van der Waals surface area contributed by atoms with Gasteiger partial charge in [0.1, 0.15) is 13.1 Å². The van der Waals surface area contributed by atoms with E-state index in [0.29, 0.717) is 52.7 Å². The maximum absolute atomic E-state index is 12.8. The van der Waals surface area contributed by atoms with Crippen LogP contribution in [0.25, 0.3) is 0 Å². The molecule has 0 aromatic rings. The molecule has 0 heterocycles. The molecule has 0 aromatic carbocycles. The molecule has 0 aromatic heterocycles. The van der Waals surface area contributed by atoms with Crippen LogP contribution >= 0.6 is 31.9 Å². The molecule has 0 saturated carbocycles. The number of amides is 6. The fourth-order valence-corrected chi connectivity index (χ4v) is 3.64. The Morgan fingerprint density at radius 2 is 0.826 bits per heavy atom. The summed E-state index contributed by atoms with van der Waals surface area (Å²) >= 11 is 6.10. The van der Waals surface area contributed by atoms with E-state index in [1.165, 1.54) is 7.11 Å². The molecule has 0 aliphatic heterocycles. The van der Waals surface area contributed by atoms with Gasteiger partial charge in [0.25, 0.3) is 0 Å². The first-order valence-corrected chi connectivity index (χ1v) is 17.0. The van der Waals surface area contributed by atoms with Gasteiger partial charge in [-0.15, -0.1) is 0 Å². The summed E-state index contributed by atoms with van der Waals surface area (Å²) in [6, 6.07) is 0. The monoisotopic (exact) mass is 790 g/mol. The van der Waals surface area contributed by atoms with Crippen molar-refractivity contribution in [3.8, 4) is 0 Å². The van der Waals surface area contributed by atoms with Crippen LogP contribution in [0.3, 0.4) is 0 Å². The Hall–Kier alpha value is -2.42. The smallest absolute Gasteiger partial charge is 0.239 e. The molecule has 0 radical (unpaired) electrons. The molecule has 0 spiro atoms. The standard InChI is InChI=1S/C27H48Br2N6O11/c1-42-9-4-30-22(36)2-3-27(41)35(20-25(39)33-7-12-45-16-14-43-10-5-31-23(37)18-28)21-26(40)34-8-13-46-17-15-44-11-6-32-24(38)19-29/h2-21H2,1H3,(H,30,36)(H,31,37)(H,32,38)(H,33,39)(H,34,40). The van der Waals surface area contributed by atoms with Gasteiger partial charge in [-0.05, 0) is 0 Å². The van der Waals surface area contributed by atoms with E-state index < -0.39 is 17.7 Å². The average molecular weight is 793 g/mol. The van der Waals surface area contributed by atoms with Crippen molar-refractivity contribution in [2.75, 3.05) is 123 Å². The van der Waals surface area contributed by atoms with Crippen LogP contribution in [0.15, 0.2) is 0 Å². The molecule has 0 aliphatic rings. The van der Waals surface area contributed by atoms with E-state index >= 15 is 0 Å². The zero-order valence-electron chi connectivity index (χ0n) is 26.3. The van der Waals surface area contributed by atoms with Crippen LogP contribution in [0.2, 0.25) is 0 Å². The Kier molecular flexibility index (Phi) is 29.6. The zero-order chi connectivity index (χ0) is 34.3. The van der Waals surface area contributed by atoms with E-state index in [-0.39, 0.29) is 93.8 Å². The minimum Gasteiger partial charge on any atom is -0.383 e. The highest BCUT2D eigenvalue weighted by molar-refractivity contribution is 9.09. The summed E-state index contributed by atoms with van der Waals surface area (Å²) in [7, 11) is 1.50. The summed E-state index contributed by atoms with van der Waals surface area (Å²) in [4.78, 5) is 73.2. The Bertz CT molecular complexity index is 839. The van der Waals surface area contributed by atoms with Gasteiger partial charge in [-0.25, -0.2) is 0 Å². The van der Waals surface area contributed by atoms with Gasteiger partial charge >= 0.3 is 0 Å². The SMILES string of the molecule is COCCNC(=O)CCC(=O)N(CC(=O)NCCOCCOCCNC(=O)CBr)CC(=O)NCCOCCOCCNC(=O)CBr. The molecule has 17 nitrogen and oxygen atoms in total. The third-order valence-corrected chi connectivity index (χ3v) is 6.50. The normalized spacial score (nSPS) is 10.6. The molecule has 19 heteroatoms. The lowest BCUT2D eigenvalue weighted by Gasteiger charge is -2.22. The molecule has 266 valence electrons. The number of methoxy groups -OCH3 is 1. The number of hydrogen-bond donors (Lipinski definition) is 5. The van der Waals surface area contributed by atoms with Crippen LogP contribution in [0.1, 0.15) is 12.8 Å². The van der Waals surface area contributed by atoms with E-state index in [1.807, 2.05) is 0 Å². The molecule has 0 bridgehead atoms. The van der Waals surface area contributed by atoms with Crippen molar-refractivity contribution in [1.82, 2.24) is 31.5 Å². The summed E-state index contributed by atoms with van der Waals surface area (Å²) in [5.74, 6) is -2.14. The molecule has 0 aliphatic carbocycles. The summed E-state index contributed by atoms with van der Waals surface area (Å²) in [5.41, 5.74) is 0. The Morgan fingerprint density at radius 3 is 1.20 bits per heavy atom. The van der Waals surface area contributed by atoms with Gasteiger partial charge in [0.05, 0.1) is 70.1 Å². The lowest BCUT2D eigenvalue weighted by atomic mass is 10.2. The number of ether oxygens (including phenoxy) is 5. The van der Waals surface area contributed by atoms with Crippen LogP contribution < -0.4 is 26.6 Å². The highest BCUT2D eigenvalue weighted by atomic mass is 79.9. The van der Waals surface area contributed by atoms with Crippen LogP contribution in [-0.2, 0) is 52.5 Å². The van der Waals surface area contributed by atoms with Gasteiger partial charge in [-0.2, -0.15) is 0 Å². The lowest BCUT2D eigenvalue weighted by molar-refractivity contribution is -0.140. The third kappa shape index (κ3) is 27.9. The van der Waals surface area contributed by atoms with E-state index in [2.05, 4.69) is 58.4 Å². The van der Waals surface area contributed by atoms with Crippen LogP contribution in [0.5, 0.6) is 0 Å². The molecule has 6 amide bonds. The number of hydrogen-bond acceptors (Lipinski definition) is 11. The minimum absolute atomic E-state index is 0.111. The van der Waals surface area contributed by atoms with Crippen molar-refractivity contribution in [3.63, 3.8) is 0 Å². The van der Waals surface area contributed by atoms with Gasteiger partial charge in [0.2, 0.25) is 35.4 Å². The summed E-state index contributed by atoms with van der Waals surface area (Å²) in [6.45, 7) is 3.24. The second kappa shape index (κ2) is 31.2.